The van der Waals surface area contributed by atoms with E-state index in [0.29, 0.717) is 24.9 Å². The molecule has 3 N–H and O–H groups in total. The number of rotatable bonds is 7. The molecule has 1 aliphatic carbocycles. The Labute approximate surface area is 166 Å². The molecule has 0 bridgehead atoms. The summed E-state index contributed by atoms with van der Waals surface area (Å²) >= 11 is 0. The molecule has 0 radical (unpaired) electrons. The summed E-state index contributed by atoms with van der Waals surface area (Å²) in [6.45, 7) is 3.16. The van der Waals surface area contributed by atoms with E-state index in [1.807, 2.05) is 31.2 Å². The van der Waals surface area contributed by atoms with Crippen LogP contribution in [0.2, 0.25) is 0 Å². The molecule has 1 amide bonds. The van der Waals surface area contributed by atoms with Crippen molar-refractivity contribution in [1.82, 2.24) is 16.0 Å². The van der Waals surface area contributed by atoms with Crippen LogP contribution in [0.3, 0.4) is 0 Å². The number of hydrogen-bond acceptors (Lipinski definition) is 3. The van der Waals surface area contributed by atoms with Crippen molar-refractivity contribution in [3.8, 4) is 5.75 Å². The topological polar surface area (TPSA) is 74.8 Å². The summed E-state index contributed by atoms with van der Waals surface area (Å²) < 4.78 is 5.51. The molecular formula is C18H27IN4O2. The maximum Gasteiger partial charge on any atom is 0.257 e. The Hall–Kier alpha value is -1.77. The number of carbonyl (C=O) groups excluding carboxylic acids is 1. The highest BCUT2D eigenvalue weighted by Crippen LogP contribution is 2.13. The Morgan fingerprint density at radius 2 is 2.04 bits per heavy atom. The van der Waals surface area contributed by atoms with Gasteiger partial charge in [0, 0.05) is 26.2 Å². The minimum Gasteiger partial charge on any atom is -0.484 e. The minimum absolute atomic E-state index is 0. The fourth-order valence-corrected chi connectivity index (χ4v) is 2.45. The van der Waals surface area contributed by atoms with Gasteiger partial charge in [0.15, 0.2) is 12.6 Å². The van der Waals surface area contributed by atoms with Gasteiger partial charge in [-0.25, -0.2) is 0 Å². The Kier molecular flexibility index (Phi) is 9.98. The van der Waals surface area contributed by atoms with E-state index in [-0.39, 0.29) is 36.5 Å². The zero-order chi connectivity index (χ0) is 17.2. The predicted molar refractivity (Wildman–Crippen MR) is 112 cm³/mol. The van der Waals surface area contributed by atoms with Gasteiger partial charge in [0.25, 0.3) is 5.91 Å². The minimum atomic E-state index is -0.115. The molecule has 0 spiro atoms. The molecule has 0 saturated heterocycles. The first-order valence-electron chi connectivity index (χ1n) is 8.32. The highest BCUT2D eigenvalue weighted by atomic mass is 127. The van der Waals surface area contributed by atoms with Crippen molar-refractivity contribution in [2.45, 2.75) is 32.4 Å². The molecule has 0 atom stereocenters. The molecule has 0 aromatic heterocycles. The monoisotopic (exact) mass is 458 g/mol. The molecule has 2 rings (SSSR count). The van der Waals surface area contributed by atoms with Crippen LogP contribution in [0.4, 0.5) is 0 Å². The third kappa shape index (κ3) is 7.76. The lowest BCUT2D eigenvalue weighted by Crippen LogP contribution is -2.42. The van der Waals surface area contributed by atoms with Gasteiger partial charge in [-0.05, 0) is 37.5 Å². The van der Waals surface area contributed by atoms with Crippen molar-refractivity contribution in [1.29, 1.82) is 0 Å². The Balaban J connectivity index is 0.00000312. The number of hydrogen-bond donors (Lipinski definition) is 3. The van der Waals surface area contributed by atoms with Crippen molar-refractivity contribution in [2.24, 2.45) is 4.99 Å². The Morgan fingerprint density at radius 3 is 2.72 bits per heavy atom. The molecule has 0 fully saturated rings. The molecule has 7 heteroatoms. The van der Waals surface area contributed by atoms with Gasteiger partial charge in [-0.15, -0.1) is 24.0 Å². The molecule has 0 heterocycles. The van der Waals surface area contributed by atoms with Crippen LogP contribution in [0.15, 0.2) is 41.4 Å². The van der Waals surface area contributed by atoms with Gasteiger partial charge in [0.2, 0.25) is 0 Å². The summed E-state index contributed by atoms with van der Waals surface area (Å²) in [7, 11) is 1.77. The van der Waals surface area contributed by atoms with Gasteiger partial charge in [-0.1, -0.05) is 24.3 Å². The number of benzene rings is 1. The van der Waals surface area contributed by atoms with Crippen LogP contribution in [-0.2, 0) is 11.3 Å². The number of nitrogens with one attached hydrogen (secondary N) is 3. The smallest absolute Gasteiger partial charge is 0.257 e. The Bertz CT molecular complexity index is 596. The van der Waals surface area contributed by atoms with E-state index in [1.54, 1.807) is 7.05 Å². The molecule has 6 nitrogen and oxygen atoms in total. The summed E-state index contributed by atoms with van der Waals surface area (Å²) in [6, 6.07) is 8.12. The average Bonchev–Trinajstić information content (AvgIpc) is 3.10. The molecule has 1 aliphatic rings. The van der Waals surface area contributed by atoms with Crippen molar-refractivity contribution in [2.75, 3.05) is 20.2 Å². The van der Waals surface area contributed by atoms with Crippen LogP contribution in [-0.4, -0.2) is 38.1 Å². The van der Waals surface area contributed by atoms with Gasteiger partial charge >= 0.3 is 0 Å². The number of guanidine groups is 1. The quantitative estimate of drug-likeness (QED) is 0.254. The predicted octanol–water partition coefficient (Wildman–Crippen LogP) is 2.20. The van der Waals surface area contributed by atoms with Crippen LogP contribution in [0, 0.1) is 0 Å². The number of likely N-dealkylation sites (N-methyl/N-ethyl adjacent to an activating group) is 1. The molecule has 0 aliphatic heterocycles. The highest BCUT2D eigenvalue weighted by molar-refractivity contribution is 14.0. The first kappa shape index (κ1) is 21.3. The van der Waals surface area contributed by atoms with Gasteiger partial charge in [0.05, 0.1) is 0 Å². The lowest BCUT2D eigenvalue weighted by atomic mass is 10.2. The largest absolute Gasteiger partial charge is 0.484 e. The molecule has 0 unspecified atom stereocenters. The molecular weight excluding hydrogens is 431 g/mol. The lowest BCUT2D eigenvalue weighted by Gasteiger charge is -2.17. The maximum absolute atomic E-state index is 11.4. The number of ether oxygens (including phenoxy) is 1. The zero-order valence-electron chi connectivity index (χ0n) is 14.7. The van der Waals surface area contributed by atoms with E-state index >= 15 is 0 Å². The average molecular weight is 458 g/mol. The molecule has 1 aromatic carbocycles. The highest BCUT2D eigenvalue weighted by Gasteiger charge is 2.11. The second-order valence-corrected chi connectivity index (χ2v) is 5.60. The summed E-state index contributed by atoms with van der Waals surface area (Å²) in [5.74, 6) is 1.36. The molecule has 1 aromatic rings. The van der Waals surface area contributed by atoms with Gasteiger partial charge in [-0.2, -0.15) is 0 Å². The Morgan fingerprint density at radius 1 is 1.28 bits per heavy atom. The van der Waals surface area contributed by atoms with Crippen LogP contribution >= 0.6 is 24.0 Å². The number of aliphatic imine (C=N–C) groups is 1. The van der Waals surface area contributed by atoms with Crippen molar-refractivity contribution in [3.63, 3.8) is 0 Å². The maximum atomic E-state index is 11.4. The fraction of sp³-hybridized carbons (Fsp3) is 0.444. The first-order chi connectivity index (χ1) is 11.7. The van der Waals surface area contributed by atoms with Crippen LogP contribution < -0.4 is 20.7 Å². The van der Waals surface area contributed by atoms with Crippen LogP contribution in [0.25, 0.3) is 0 Å². The normalized spacial score (nSPS) is 13.9. The number of nitrogens with zero attached hydrogens (tertiary/aromatic N) is 1. The summed E-state index contributed by atoms with van der Waals surface area (Å²) in [4.78, 5) is 15.7. The number of halogens is 1. The van der Waals surface area contributed by atoms with E-state index in [9.17, 15) is 4.79 Å². The zero-order valence-corrected chi connectivity index (χ0v) is 17.1. The van der Waals surface area contributed by atoms with Crippen molar-refractivity contribution < 1.29 is 9.53 Å². The molecule has 25 heavy (non-hydrogen) atoms. The standard InChI is InChI=1S/C18H26N4O2.HI/c1-3-20-17(23)13-24-16-10-6-7-14(11-16)12-21-18(19-2)22-15-8-4-5-9-15;/h4-7,10-11,15H,3,8-9,12-13H2,1-2H3,(H,20,23)(H2,19,21,22);1H. The van der Waals surface area contributed by atoms with Gasteiger partial charge in [0.1, 0.15) is 5.75 Å². The van der Waals surface area contributed by atoms with Gasteiger partial charge in [-0.3, -0.25) is 9.79 Å². The third-order valence-corrected chi connectivity index (χ3v) is 3.67. The molecule has 0 saturated carbocycles. The van der Waals surface area contributed by atoms with E-state index in [2.05, 4.69) is 33.1 Å². The second kappa shape index (κ2) is 11.7. The second-order valence-electron chi connectivity index (χ2n) is 5.60. The lowest BCUT2D eigenvalue weighted by molar-refractivity contribution is -0.122. The van der Waals surface area contributed by atoms with Gasteiger partial charge < -0.3 is 20.7 Å². The summed E-state index contributed by atoms with van der Waals surface area (Å²) in [5, 5.41) is 9.41. The number of amides is 1. The van der Waals surface area contributed by atoms with E-state index in [0.717, 1.165) is 24.4 Å². The van der Waals surface area contributed by atoms with Crippen molar-refractivity contribution in [3.05, 3.63) is 42.0 Å². The first-order valence-corrected chi connectivity index (χ1v) is 8.32. The molecule has 138 valence electrons. The van der Waals surface area contributed by atoms with Crippen LogP contribution in [0.1, 0.15) is 25.3 Å². The van der Waals surface area contributed by atoms with Crippen molar-refractivity contribution >= 4 is 35.8 Å². The van der Waals surface area contributed by atoms with E-state index in [4.69, 9.17) is 4.74 Å². The van der Waals surface area contributed by atoms with Crippen LogP contribution in [0.5, 0.6) is 5.75 Å². The summed E-state index contributed by atoms with van der Waals surface area (Å²) in [5.41, 5.74) is 1.07. The van der Waals surface area contributed by atoms with E-state index in [1.165, 1.54) is 0 Å². The summed E-state index contributed by atoms with van der Waals surface area (Å²) in [6.07, 6.45) is 6.43. The van der Waals surface area contributed by atoms with E-state index < -0.39 is 0 Å². The SMILES string of the molecule is CCNC(=O)COc1cccc(CNC(=NC)NC2CC=CC2)c1.I. The third-order valence-electron chi connectivity index (χ3n) is 3.67. The fourth-order valence-electron chi connectivity index (χ4n) is 2.45. The number of carbonyl (C=O) groups is 1.